The molecule has 0 unspecified atom stereocenters. The van der Waals surface area contributed by atoms with Gasteiger partial charge in [-0.3, -0.25) is 19.2 Å². The highest BCUT2D eigenvalue weighted by molar-refractivity contribution is 9.10. The molecule has 224 valence electrons. The minimum absolute atomic E-state index is 0.0253. The number of phenols is 1. The van der Waals surface area contributed by atoms with Gasteiger partial charge in [0.15, 0.2) is 21.2 Å². The number of benzene rings is 2. The molecule has 0 bridgehead atoms. The summed E-state index contributed by atoms with van der Waals surface area (Å²) in [6.45, 7) is 0. The van der Waals surface area contributed by atoms with E-state index in [0.717, 1.165) is 24.1 Å². The van der Waals surface area contributed by atoms with Crippen molar-refractivity contribution in [3.8, 4) is 11.5 Å². The summed E-state index contributed by atoms with van der Waals surface area (Å²) in [5.41, 5.74) is 0.815. The summed E-state index contributed by atoms with van der Waals surface area (Å²) in [6.07, 6.45) is 0.267. The average Bonchev–Trinajstić information content (AvgIpc) is 3.32. The third-order valence-corrected chi connectivity index (χ3v) is 10.9. The highest BCUT2D eigenvalue weighted by Crippen LogP contribution is 2.66. The summed E-state index contributed by atoms with van der Waals surface area (Å²) in [5, 5.41) is 10.5. The summed E-state index contributed by atoms with van der Waals surface area (Å²) in [4.78, 5) is 64.7. The van der Waals surface area contributed by atoms with E-state index in [0.29, 0.717) is 16.0 Å². The van der Waals surface area contributed by atoms with E-state index in [1.54, 1.807) is 6.08 Å². The second kappa shape index (κ2) is 10.0. The zero-order chi connectivity index (χ0) is 31.2. The molecule has 1 saturated carbocycles. The number of hydrogen-bond donors (Lipinski definition) is 1. The first kappa shape index (κ1) is 29.6. The van der Waals surface area contributed by atoms with Gasteiger partial charge in [-0.1, -0.05) is 11.6 Å². The first-order valence-corrected chi connectivity index (χ1v) is 14.6. The number of allylic oxidation sites excluding steroid dienone is 2. The summed E-state index contributed by atoms with van der Waals surface area (Å²) in [6, 6.07) is 7.59. The maximum Gasteiger partial charge on any atom is 0.423 e. The molecule has 2 aliphatic carbocycles. The van der Waals surface area contributed by atoms with Gasteiger partial charge in [0, 0.05) is 5.92 Å². The van der Waals surface area contributed by atoms with Crippen molar-refractivity contribution in [3.05, 3.63) is 63.9 Å². The highest BCUT2D eigenvalue weighted by atomic mass is 79.9. The average molecular weight is 696 g/mol. The highest BCUT2D eigenvalue weighted by Gasteiger charge is 2.76. The second-order valence-electron chi connectivity index (χ2n) is 10.8. The molecular weight excluding hydrogens is 674 g/mol. The number of hydrogen-bond acceptors (Lipinski definition) is 8. The summed E-state index contributed by atoms with van der Waals surface area (Å²) in [7, 11) is 2.37. The van der Waals surface area contributed by atoms with Crippen molar-refractivity contribution in [1.82, 2.24) is 4.90 Å². The molecule has 6 rings (SSSR count). The predicted molar refractivity (Wildman–Crippen MR) is 153 cm³/mol. The minimum atomic E-state index is -2.18. The monoisotopic (exact) mass is 694 g/mol. The number of anilines is 1. The number of phenolic OH excluding ortho intramolecular Hbond substituents is 1. The van der Waals surface area contributed by atoms with Crippen LogP contribution in [0.2, 0.25) is 0 Å². The Morgan fingerprint density at radius 1 is 1.05 bits per heavy atom. The number of rotatable bonds is 3. The van der Waals surface area contributed by atoms with Gasteiger partial charge in [-0.2, -0.15) is 4.90 Å². The molecule has 2 saturated heterocycles. The number of aromatic hydroxyl groups is 1. The molecule has 43 heavy (non-hydrogen) atoms. The maximum atomic E-state index is 14.3. The molecule has 3 fully saturated rings. The first-order chi connectivity index (χ1) is 20.3. The quantitative estimate of drug-likeness (QED) is 0.280. The topological polar surface area (TPSA) is 131 Å². The van der Waals surface area contributed by atoms with Crippen molar-refractivity contribution in [2.24, 2.45) is 17.8 Å². The van der Waals surface area contributed by atoms with E-state index in [9.17, 15) is 33.5 Å². The molecule has 10 nitrogen and oxygen atoms in total. The number of halogens is 4. The van der Waals surface area contributed by atoms with Crippen LogP contribution in [-0.2, 0) is 23.9 Å². The Hall–Kier alpha value is -3.48. The zero-order valence-corrected chi connectivity index (χ0v) is 25.6. The van der Waals surface area contributed by atoms with Crippen molar-refractivity contribution in [2.75, 3.05) is 19.1 Å². The lowest BCUT2D eigenvalue weighted by molar-refractivity contribution is -0.138. The number of imide groups is 4. The molecular formula is C29H22BrCl2FN2O8. The van der Waals surface area contributed by atoms with E-state index in [-0.39, 0.29) is 34.5 Å². The number of fused-ring (bicyclic) bond motifs is 4. The maximum absolute atomic E-state index is 14.3. The molecule has 6 atom stereocenters. The molecule has 2 heterocycles. The van der Waals surface area contributed by atoms with Crippen LogP contribution in [0.15, 0.2) is 52.5 Å². The third-order valence-electron chi connectivity index (χ3n) is 8.86. The molecule has 0 radical (unpaired) electrons. The normalized spacial score (nSPS) is 31.4. The number of alkyl halides is 2. The Kier molecular flexibility index (Phi) is 6.90. The molecule has 4 aliphatic rings. The fourth-order valence-electron chi connectivity index (χ4n) is 6.96. The summed E-state index contributed by atoms with van der Waals surface area (Å²) in [5.74, 6) is -8.23. The van der Waals surface area contributed by atoms with Crippen molar-refractivity contribution < 1.29 is 42.9 Å². The van der Waals surface area contributed by atoms with Gasteiger partial charge in [-0.05, 0) is 76.7 Å². The Bertz CT molecular complexity index is 1670. The molecule has 2 aromatic rings. The second-order valence-corrected chi connectivity index (χ2v) is 12.9. The summed E-state index contributed by atoms with van der Waals surface area (Å²) < 4.78 is 24.0. The van der Waals surface area contributed by atoms with E-state index in [2.05, 4.69) is 20.7 Å². The van der Waals surface area contributed by atoms with Crippen molar-refractivity contribution >= 4 is 74.5 Å². The third kappa shape index (κ3) is 3.85. The van der Waals surface area contributed by atoms with Crippen LogP contribution in [0.25, 0.3) is 0 Å². The van der Waals surface area contributed by atoms with Crippen molar-refractivity contribution in [1.29, 1.82) is 0 Å². The summed E-state index contributed by atoms with van der Waals surface area (Å²) >= 11 is 17.8. The lowest BCUT2D eigenvalue weighted by Gasteiger charge is -2.50. The fourth-order valence-corrected chi connectivity index (χ4v) is 8.35. The van der Waals surface area contributed by atoms with Crippen LogP contribution < -0.4 is 9.64 Å². The van der Waals surface area contributed by atoms with Crippen LogP contribution in [0.1, 0.15) is 24.3 Å². The van der Waals surface area contributed by atoms with Crippen molar-refractivity contribution in [2.45, 2.75) is 28.5 Å². The lowest BCUT2D eigenvalue weighted by atomic mass is 9.56. The minimum Gasteiger partial charge on any atom is -0.503 e. The number of amides is 5. The number of methoxy groups -OCH3 is 2. The Labute approximate surface area is 262 Å². The molecule has 0 aromatic heterocycles. The SMILES string of the molecule is COC(=O)N1C(=O)[C@H]2[C@H](CC=C3[C@H]2C[C@@]2(Cl)C(=O)N(c4ccc(F)cc4)C(=O)[C@@]2(Cl)[C@H]3c2cc(Br)c(O)c(OC)c2)C1=O. The van der Waals surface area contributed by atoms with Gasteiger partial charge < -0.3 is 14.6 Å². The first-order valence-electron chi connectivity index (χ1n) is 13.1. The van der Waals surface area contributed by atoms with E-state index in [1.165, 1.54) is 31.4 Å². The molecule has 2 aromatic carbocycles. The van der Waals surface area contributed by atoms with E-state index in [1.807, 2.05) is 0 Å². The van der Waals surface area contributed by atoms with Gasteiger partial charge in [-0.25, -0.2) is 14.1 Å². The van der Waals surface area contributed by atoms with Crippen LogP contribution in [0, 0.1) is 23.6 Å². The van der Waals surface area contributed by atoms with Gasteiger partial charge >= 0.3 is 6.09 Å². The van der Waals surface area contributed by atoms with Crippen LogP contribution in [-0.4, -0.2) is 63.7 Å². The Balaban J connectivity index is 1.58. The number of nitrogens with zero attached hydrogens (tertiary/aromatic N) is 2. The number of ether oxygens (including phenoxy) is 2. The van der Waals surface area contributed by atoms with Gasteiger partial charge in [0.25, 0.3) is 11.8 Å². The molecule has 14 heteroatoms. The largest absolute Gasteiger partial charge is 0.503 e. The van der Waals surface area contributed by atoms with Crippen LogP contribution in [0.4, 0.5) is 14.9 Å². The lowest BCUT2D eigenvalue weighted by Crippen LogP contribution is -2.60. The van der Waals surface area contributed by atoms with Gasteiger partial charge in [0.05, 0.1) is 36.2 Å². The van der Waals surface area contributed by atoms with Gasteiger partial charge in [0.1, 0.15) is 5.82 Å². The van der Waals surface area contributed by atoms with E-state index >= 15 is 0 Å². The van der Waals surface area contributed by atoms with Gasteiger partial charge in [-0.15, -0.1) is 23.2 Å². The molecule has 1 N–H and O–H groups in total. The van der Waals surface area contributed by atoms with Crippen LogP contribution in [0.3, 0.4) is 0 Å². The Morgan fingerprint density at radius 2 is 1.72 bits per heavy atom. The predicted octanol–water partition coefficient (Wildman–Crippen LogP) is 4.63. The van der Waals surface area contributed by atoms with Crippen LogP contribution in [0.5, 0.6) is 11.5 Å². The Morgan fingerprint density at radius 3 is 2.35 bits per heavy atom. The number of likely N-dealkylation sites (tertiary alicyclic amines) is 1. The molecule has 2 aliphatic heterocycles. The standard InChI is InChI=1S/C29H22BrCl2FN2O8/c1-42-19-10-12(9-18(30)22(19)36)21-15-7-8-16-20(24(38)35(23(16)37)27(41)43-2)17(15)11-28(31)25(39)34(26(40)29(21,28)32)14-5-3-13(33)4-6-14/h3-7,9-10,16-17,20-21,36H,8,11H2,1-2H3/t16-,17+,20-,21-,28+,29-/m0/s1. The van der Waals surface area contributed by atoms with E-state index < -0.39 is 69.0 Å². The molecule has 0 spiro atoms. The van der Waals surface area contributed by atoms with Crippen LogP contribution >= 0.6 is 39.1 Å². The van der Waals surface area contributed by atoms with Gasteiger partial charge in [0.2, 0.25) is 11.8 Å². The number of carbonyl (C=O) groups excluding carboxylic acids is 5. The van der Waals surface area contributed by atoms with E-state index in [4.69, 9.17) is 27.9 Å². The number of carbonyl (C=O) groups is 5. The van der Waals surface area contributed by atoms with Crippen molar-refractivity contribution in [3.63, 3.8) is 0 Å². The molecule has 5 amide bonds. The fraction of sp³-hybridized carbons (Fsp3) is 0.345. The zero-order valence-electron chi connectivity index (χ0n) is 22.5. The smallest absolute Gasteiger partial charge is 0.423 e.